The molecular weight excluding hydrogens is 328 g/mol. The number of aliphatic hydroxyl groups excluding tert-OH is 2. The molecule has 0 aliphatic carbocycles. The number of ether oxygens (including phenoxy) is 1. The second-order valence-electron chi connectivity index (χ2n) is 5.63. The quantitative estimate of drug-likeness (QED) is 0.592. The lowest BCUT2D eigenvalue weighted by Gasteiger charge is -2.17. The van der Waals surface area contributed by atoms with Gasteiger partial charge in [0.1, 0.15) is 5.75 Å². The number of phenols is 1. The van der Waals surface area contributed by atoms with E-state index in [1.165, 1.54) is 6.07 Å². The van der Waals surface area contributed by atoms with Crippen molar-refractivity contribution in [3.05, 3.63) is 58.2 Å². The van der Waals surface area contributed by atoms with Gasteiger partial charge < -0.3 is 20.1 Å². The number of phenolic OH excluding ortho intramolecular Hbond substituents is 1. The summed E-state index contributed by atoms with van der Waals surface area (Å²) in [6, 6.07) is 4.82. The summed E-state index contributed by atoms with van der Waals surface area (Å²) in [4.78, 5) is 0. The minimum atomic E-state index is -0.724. The summed E-state index contributed by atoms with van der Waals surface area (Å²) in [5.41, 5.74) is 3.12. The molecule has 0 radical (unpaired) electrons. The normalized spacial score (nSPS) is 13.9. The topological polar surface area (TPSA) is 69.9 Å². The average Bonchev–Trinajstić information content (AvgIpc) is 2.53. The highest BCUT2D eigenvalue weighted by Gasteiger charge is 2.14. The van der Waals surface area contributed by atoms with Crippen molar-refractivity contribution < 1.29 is 20.1 Å². The number of methoxy groups -OCH3 is 1. The number of allylic oxidation sites excluding steroid dienone is 1. The molecule has 1 atom stereocenters. The van der Waals surface area contributed by atoms with Gasteiger partial charge in [0.2, 0.25) is 0 Å². The molecule has 0 saturated carbocycles. The van der Waals surface area contributed by atoms with E-state index in [-0.39, 0.29) is 12.4 Å². The van der Waals surface area contributed by atoms with Crippen molar-refractivity contribution in [2.24, 2.45) is 0 Å². The van der Waals surface area contributed by atoms with Gasteiger partial charge in [-0.2, -0.15) is 0 Å². The highest BCUT2D eigenvalue weighted by molar-refractivity contribution is 6.32. The van der Waals surface area contributed by atoms with Crippen molar-refractivity contribution in [1.82, 2.24) is 0 Å². The first-order chi connectivity index (χ1) is 11.4. The van der Waals surface area contributed by atoms with E-state index in [0.717, 1.165) is 11.1 Å². The zero-order valence-electron chi connectivity index (χ0n) is 14.1. The summed E-state index contributed by atoms with van der Waals surface area (Å²) in [5, 5.41) is 29.3. The lowest BCUT2D eigenvalue weighted by atomic mass is 9.96. The Kier molecular flexibility index (Phi) is 8.79. The Bertz CT molecular complexity index is 620. The Hall–Kier alpha value is -1.59. The van der Waals surface area contributed by atoms with E-state index in [9.17, 15) is 10.2 Å². The van der Waals surface area contributed by atoms with Crippen LogP contribution in [0.5, 0.6) is 5.75 Å². The van der Waals surface area contributed by atoms with Gasteiger partial charge in [0.25, 0.3) is 0 Å². The molecule has 5 heteroatoms. The van der Waals surface area contributed by atoms with Crippen molar-refractivity contribution in [3.8, 4) is 5.75 Å². The number of aliphatic hydroxyl groups is 2. The van der Waals surface area contributed by atoms with Crippen LogP contribution in [-0.4, -0.2) is 41.7 Å². The first-order valence-electron chi connectivity index (χ1n) is 7.70. The van der Waals surface area contributed by atoms with Crippen LogP contribution in [0.15, 0.2) is 47.6 Å². The molecule has 0 aliphatic rings. The number of benzene rings is 1. The summed E-state index contributed by atoms with van der Waals surface area (Å²) in [6.07, 6.45) is 3.91. The number of halogens is 1. The SMILES string of the molecule is C=C(COC)/C(=C/CO)C(O)CC/C(C)=C/c1ccc(O)cc1Cl. The smallest absolute Gasteiger partial charge is 0.117 e. The van der Waals surface area contributed by atoms with E-state index in [0.29, 0.717) is 35.6 Å². The molecular formula is C19H25ClO4. The number of hydrogen-bond donors (Lipinski definition) is 3. The largest absolute Gasteiger partial charge is 0.508 e. The fourth-order valence-electron chi connectivity index (χ4n) is 2.36. The Morgan fingerprint density at radius 3 is 2.71 bits per heavy atom. The van der Waals surface area contributed by atoms with Crippen LogP contribution in [0.3, 0.4) is 0 Å². The number of hydrogen-bond acceptors (Lipinski definition) is 4. The zero-order chi connectivity index (χ0) is 18.1. The van der Waals surface area contributed by atoms with Crippen molar-refractivity contribution in [1.29, 1.82) is 0 Å². The van der Waals surface area contributed by atoms with Crippen LogP contribution >= 0.6 is 11.6 Å². The van der Waals surface area contributed by atoms with E-state index in [1.54, 1.807) is 25.3 Å². The third-order valence-corrected chi connectivity index (χ3v) is 3.92. The molecule has 0 aliphatic heterocycles. The van der Waals surface area contributed by atoms with E-state index in [4.69, 9.17) is 21.4 Å². The van der Waals surface area contributed by atoms with E-state index in [2.05, 4.69) is 6.58 Å². The van der Waals surface area contributed by atoms with Crippen molar-refractivity contribution >= 4 is 17.7 Å². The van der Waals surface area contributed by atoms with E-state index < -0.39 is 6.10 Å². The summed E-state index contributed by atoms with van der Waals surface area (Å²) in [5.74, 6) is 0.126. The lowest BCUT2D eigenvalue weighted by Crippen LogP contribution is -2.15. The first-order valence-corrected chi connectivity index (χ1v) is 8.08. The van der Waals surface area contributed by atoms with Crippen LogP contribution in [0, 0.1) is 0 Å². The third kappa shape index (κ3) is 6.49. The van der Waals surface area contributed by atoms with Crippen LogP contribution in [0.25, 0.3) is 6.08 Å². The van der Waals surface area contributed by atoms with Gasteiger partial charge in [0, 0.05) is 7.11 Å². The molecule has 0 bridgehead atoms. The third-order valence-electron chi connectivity index (χ3n) is 3.60. The summed E-state index contributed by atoms with van der Waals surface area (Å²) in [6.45, 7) is 5.98. The summed E-state index contributed by atoms with van der Waals surface area (Å²) in [7, 11) is 1.56. The van der Waals surface area contributed by atoms with Gasteiger partial charge in [-0.15, -0.1) is 0 Å². The Labute approximate surface area is 148 Å². The van der Waals surface area contributed by atoms with Crippen molar-refractivity contribution in [2.75, 3.05) is 20.3 Å². The second-order valence-corrected chi connectivity index (χ2v) is 6.04. The summed E-state index contributed by atoms with van der Waals surface area (Å²) >= 11 is 6.09. The molecule has 1 rings (SSSR count). The molecule has 3 N–H and O–H groups in total. The fourth-order valence-corrected chi connectivity index (χ4v) is 2.59. The minimum absolute atomic E-state index is 0.126. The highest BCUT2D eigenvalue weighted by atomic mass is 35.5. The maximum absolute atomic E-state index is 10.4. The standard InChI is InChI=1S/C19H25ClO4/c1-13(10-15-5-6-16(22)11-18(15)20)4-7-19(23)17(8-9-21)14(2)12-24-3/h5-6,8,10-11,19,21-23H,2,4,7,9,12H2,1,3H3/b13-10+,17-8-. The molecule has 0 saturated heterocycles. The molecule has 0 amide bonds. The van der Waals surface area contributed by atoms with Crippen LogP contribution < -0.4 is 0 Å². The van der Waals surface area contributed by atoms with E-state index in [1.807, 2.05) is 13.0 Å². The maximum Gasteiger partial charge on any atom is 0.117 e. The Morgan fingerprint density at radius 1 is 1.42 bits per heavy atom. The molecule has 24 heavy (non-hydrogen) atoms. The van der Waals surface area contributed by atoms with Gasteiger partial charge in [-0.05, 0) is 54.7 Å². The first kappa shape index (κ1) is 20.5. The van der Waals surface area contributed by atoms with Gasteiger partial charge in [0.05, 0.1) is 24.3 Å². The molecule has 132 valence electrons. The van der Waals surface area contributed by atoms with Gasteiger partial charge in [0.15, 0.2) is 0 Å². The van der Waals surface area contributed by atoms with Crippen molar-refractivity contribution in [2.45, 2.75) is 25.9 Å². The van der Waals surface area contributed by atoms with Gasteiger partial charge in [-0.1, -0.05) is 35.9 Å². The summed E-state index contributed by atoms with van der Waals surface area (Å²) < 4.78 is 5.03. The highest BCUT2D eigenvalue weighted by Crippen LogP contribution is 2.25. The Morgan fingerprint density at radius 2 is 2.12 bits per heavy atom. The van der Waals surface area contributed by atoms with Gasteiger partial charge in [-0.3, -0.25) is 0 Å². The molecule has 0 fully saturated rings. The maximum atomic E-state index is 10.4. The molecule has 0 aromatic heterocycles. The van der Waals surface area contributed by atoms with Crippen LogP contribution in [0.4, 0.5) is 0 Å². The van der Waals surface area contributed by atoms with E-state index >= 15 is 0 Å². The molecule has 1 aromatic rings. The minimum Gasteiger partial charge on any atom is -0.508 e. The molecule has 1 unspecified atom stereocenters. The second kappa shape index (κ2) is 10.3. The lowest BCUT2D eigenvalue weighted by molar-refractivity contribution is 0.190. The predicted molar refractivity (Wildman–Crippen MR) is 98.2 cm³/mol. The molecule has 0 spiro atoms. The predicted octanol–water partition coefficient (Wildman–Crippen LogP) is 3.71. The zero-order valence-corrected chi connectivity index (χ0v) is 14.9. The fraction of sp³-hybridized carbons (Fsp3) is 0.368. The monoisotopic (exact) mass is 352 g/mol. The number of aromatic hydroxyl groups is 1. The average molecular weight is 353 g/mol. The molecule has 1 aromatic carbocycles. The van der Waals surface area contributed by atoms with Crippen molar-refractivity contribution in [3.63, 3.8) is 0 Å². The molecule has 4 nitrogen and oxygen atoms in total. The van der Waals surface area contributed by atoms with Crippen LogP contribution in [0.1, 0.15) is 25.3 Å². The Balaban J connectivity index is 2.73. The van der Waals surface area contributed by atoms with Gasteiger partial charge in [-0.25, -0.2) is 0 Å². The van der Waals surface area contributed by atoms with Crippen LogP contribution in [-0.2, 0) is 4.74 Å². The van der Waals surface area contributed by atoms with Crippen LogP contribution in [0.2, 0.25) is 5.02 Å². The van der Waals surface area contributed by atoms with Gasteiger partial charge >= 0.3 is 0 Å². The molecule has 0 heterocycles. The number of rotatable bonds is 9.